The van der Waals surface area contributed by atoms with Crippen molar-refractivity contribution in [1.29, 1.82) is 0 Å². The van der Waals surface area contributed by atoms with Crippen molar-refractivity contribution in [1.82, 2.24) is 5.32 Å². The van der Waals surface area contributed by atoms with Crippen LogP contribution < -0.4 is 5.32 Å². The van der Waals surface area contributed by atoms with E-state index in [1.807, 2.05) is 6.08 Å². The van der Waals surface area contributed by atoms with Gasteiger partial charge in [-0.15, -0.1) is 0 Å². The van der Waals surface area contributed by atoms with E-state index in [2.05, 4.69) is 19.2 Å². The number of carbonyl (C=O) groups excluding carboxylic acids is 1. The van der Waals surface area contributed by atoms with Gasteiger partial charge in [0.15, 0.2) is 0 Å². The summed E-state index contributed by atoms with van der Waals surface area (Å²) in [4.78, 5) is 12.2. The number of rotatable bonds is 47. The fourth-order valence-electron chi connectivity index (χ4n) is 8.11. The molecule has 0 aromatic carbocycles. The molecular weight excluding hydrogens is 675 g/mol. The Morgan fingerprint density at radius 2 is 0.673 bits per heavy atom. The molecule has 0 aromatic rings. The lowest BCUT2D eigenvalue weighted by Crippen LogP contribution is -2.45. The summed E-state index contributed by atoms with van der Waals surface area (Å²) in [6, 6.07) is -0.613. The van der Waals surface area contributed by atoms with Gasteiger partial charge in [-0.25, -0.2) is 0 Å². The zero-order valence-electron chi connectivity index (χ0n) is 37.7. The highest BCUT2D eigenvalue weighted by Gasteiger charge is 2.17. The Kier molecular flexibility index (Phi) is 46.8. The van der Waals surface area contributed by atoms with Crippen LogP contribution in [0.25, 0.3) is 0 Å². The van der Waals surface area contributed by atoms with Gasteiger partial charge < -0.3 is 15.5 Å². The monoisotopic (exact) mass is 776 g/mol. The molecule has 2 unspecified atom stereocenters. The number of aliphatic hydroxyl groups is 2. The van der Waals surface area contributed by atoms with E-state index in [9.17, 15) is 15.0 Å². The van der Waals surface area contributed by atoms with E-state index < -0.39 is 12.1 Å². The van der Waals surface area contributed by atoms with Crippen LogP contribution in [0.1, 0.15) is 290 Å². The Morgan fingerprint density at radius 1 is 0.418 bits per heavy atom. The van der Waals surface area contributed by atoms with Gasteiger partial charge in [-0.3, -0.25) is 4.79 Å². The second-order valence-corrected chi connectivity index (χ2v) is 17.6. The topological polar surface area (TPSA) is 69.6 Å². The number of hydrogen-bond acceptors (Lipinski definition) is 3. The maximum absolute atomic E-state index is 12.2. The van der Waals surface area contributed by atoms with Crippen molar-refractivity contribution in [3.05, 3.63) is 12.2 Å². The molecule has 0 radical (unpaired) electrons. The van der Waals surface area contributed by atoms with E-state index in [0.29, 0.717) is 6.42 Å². The van der Waals surface area contributed by atoms with Crippen LogP contribution in [0.15, 0.2) is 12.2 Å². The fourth-order valence-corrected chi connectivity index (χ4v) is 8.11. The molecule has 0 saturated carbocycles. The molecule has 4 nitrogen and oxygen atoms in total. The predicted molar refractivity (Wildman–Crippen MR) is 244 cm³/mol. The van der Waals surface area contributed by atoms with Crippen LogP contribution in [0, 0.1) is 0 Å². The molecular formula is C51H101NO3. The normalized spacial score (nSPS) is 12.9. The van der Waals surface area contributed by atoms with Crippen LogP contribution in [-0.4, -0.2) is 34.9 Å². The fraction of sp³-hybridized carbons (Fsp3) is 0.941. The lowest BCUT2D eigenvalue weighted by Gasteiger charge is -2.19. The summed E-state index contributed by atoms with van der Waals surface area (Å²) < 4.78 is 0. The molecule has 3 N–H and O–H groups in total. The second kappa shape index (κ2) is 47.5. The third-order valence-corrected chi connectivity index (χ3v) is 12.0. The van der Waals surface area contributed by atoms with Crippen LogP contribution in [0.2, 0.25) is 0 Å². The summed E-state index contributed by atoms with van der Waals surface area (Å²) >= 11 is 0. The summed E-state index contributed by atoms with van der Waals surface area (Å²) in [5.41, 5.74) is 0. The minimum atomic E-state index is -0.830. The first-order valence-electron chi connectivity index (χ1n) is 25.4. The third-order valence-electron chi connectivity index (χ3n) is 12.0. The average molecular weight is 776 g/mol. The molecule has 0 aliphatic carbocycles. The molecule has 0 rings (SSSR count). The number of unbranched alkanes of at least 4 members (excludes halogenated alkanes) is 40. The van der Waals surface area contributed by atoms with Crippen LogP contribution >= 0.6 is 0 Å². The van der Waals surface area contributed by atoms with Crippen molar-refractivity contribution in [2.45, 2.75) is 302 Å². The van der Waals surface area contributed by atoms with Gasteiger partial charge in [0.25, 0.3) is 0 Å². The number of nitrogens with one attached hydrogen (secondary N) is 1. The van der Waals surface area contributed by atoms with Crippen molar-refractivity contribution in [3.63, 3.8) is 0 Å². The number of aliphatic hydroxyl groups excluding tert-OH is 2. The molecule has 0 aromatic heterocycles. The lowest BCUT2D eigenvalue weighted by molar-refractivity contribution is -0.123. The summed E-state index contributed by atoms with van der Waals surface area (Å²) in [5.74, 6) is -0.0680. The number of allylic oxidation sites excluding steroid dienone is 1. The minimum absolute atomic E-state index is 0.0680. The molecule has 0 fully saturated rings. The Morgan fingerprint density at radius 3 is 0.927 bits per heavy atom. The molecule has 4 heteroatoms. The van der Waals surface area contributed by atoms with E-state index in [1.54, 1.807) is 6.08 Å². The number of carbonyl (C=O) groups is 1. The zero-order valence-corrected chi connectivity index (χ0v) is 37.7. The molecule has 0 bridgehead atoms. The van der Waals surface area contributed by atoms with E-state index in [0.717, 1.165) is 32.1 Å². The Balaban J connectivity index is 3.23. The van der Waals surface area contributed by atoms with Crippen molar-refractivity contribution < 1.29 is 15.0 Å². The second-order valence-electron chi connectivity index (χ2n) is 17.6. The maximum atomic E-state index is 12.2. The average Bonchev–Trinajstić information content (AvgIpc) is 3.19. The van der Waals surface area contributed by atoms with E-state index in [1.165, 1.54) is 238 Å². The van der Waals surface area contributed by atoms with Gasteiger partial charge in [0.05, 0.1) is 18.8 Å². The number of hydrogen-bond donors (Lipinski definition) is 3. The molecule has 0 aliphatic rings. The van der Waals surface area contributed by atoms with Crippen molar-refractivity contribution >= 4 is 5.91 Å². The van der Waals surface area contributed by atoms with Crippen LogP contribution in [0.5, 0.6) is 0 Å². The molecule has 1 amide bonds. The first-order chi connectivity index (χ1) is 27.2. The Hall–Kier alpha value is -0.870. The van der Waals surface area contributed by atoms with Gasteiger partial charge >= 0.3 is 0 Å². The zero-order chi connectivity index (χ0) is 40.0. The van der Waals surface area contributed by atoms with Crippen molar-refractivity contribution in [2.24, 2.45) is 0 Å². The first-order valence-corrected chi connectivity index (χ1v) is 25.4. The molecule has 2 atom stereocenters. The molecule has 328 valence electrons. The van der Waals surface area contributed by atoms with Gasteiger partial charge in [0, 0.05) is 6.42 Å². The highest BCUT2D eigenvalue weighted by molar-refractivity contribution is 5.76. The molecule has 0 saturated heterocycles. The minimum Gasteiger partial charge on any atom is -0.394 e. The summed E-state index contributed by atoms with van der Waals surface area (Å²) in [6.07, 6.45) is 61.5. The Labute approximate surface area is 346 Å². The van der Waals surface area contributed by atoms with Crippen molar-refractivity contribution in [2.75, 3.05) is 6.61 Å². The highest BCUT2D eigenvalue weighted by atomic mass is 16.3. The van der Waals surface area contributed by atoms with E-state index in [4.69, 9.17) is 0 Å². The summed E-state index contributed by atoms with van der Waals surface area (Å²) in [6.45, 7) is 4.19. The SMILES string of the molecule is CCCC/C=C/C(O)C(CO)NC(=O)CCCCCCCCCCCCCCCCCCCCCCCCCCCCCCCCCCCCCCCCC. The first kappa shape index (κ1) is 54.1. The molecule has 0 aliphatic heterocycles. The van der Waals surface area contributed by atoms with E-state index in [-0.39, 0.29) is 12.5 Å². The van der Waals surface area contributed by atoms with Gasteiger partial charge in [0.1, 0.15) is 0 Å². The summed E-state index contributed by atoms with van der Waals surface area (Å²) in [5, 5.41) is 22.5. The third kappa shape index (κ3) is 44.1. The van der Waals surface area contributed by atoms with Crippen LogP contribution in [0.3, 0.4) is 0 Å². The van der Waals surface area contributed by atoms with Gasteiger partial charge in [0.2, 0.25) is 5.91 Å². The van der Waals surface area contributed by atoms with Gasteiger partial charge in [-0.1, -0.05) is 283 Å². The predicted octanol–water partition coefficient (Wildman–Crippen LogP) is 16.2. The van der Waals surface area contributed by atoms with Crippen LogP contribution in [0.4, 0.5) is 0 Å². The smallest absolute Gasteiger partial charge is 0.220 e. The molecule has 0 heterocycles. The van der Waals surface area contributed by atoms with Gasteiger partial charge in [-0.05, 0) is 12.8 Å². The molecule has 0 spiro atoms. The standard InChI is InChI=1S/C51H101NO3/c1-3-5-7-9-10-11-12-13-14-15-16-17-18-19-20-21-22-23-24-25-26-27-28-29-30-31-32-33-34-35-36-37-38-39-40-41-42-43-45-47-51(55)52-49(48-53)50(54)46-44-8-6-4-2/h44,46,49-50,53-54H,3-43,45,47-48H2,1-2H3,(H,52,55)/b46-44+. The highest BCUT2D eigenvalue weighted by Crippen LogP contribution is 2.18. The largest absolute Gasteiger partial charge is 0.394 e. The van der Waals surface area contributed by atoms with Crippen LogP contribution in [-0.2, 0) is 4.79 Å². The van der Waals surface area contributed by atoms with Gasteiger partial charge in [-0.2, -0.15) is 0 Å². The van der Waals surface area contributed by atoms with E-state index >= 15 is 0 Å². The number of amides is 1. The lowest BCUT2D eigenvalue weighted by atomic mass is 10.0. The quantitative estimate of drug-likeness (QED) is 0.0426. The van der Waals surface area contributed by atoms with Crippen molar-refractivity contribution in [3.8, 4) is 0 Å². The Bertz CT molecular complexity index is 754. The summed E-state index contributed by atoms with van der Waals surface area (Å²) in [7, 11) is 0. The molecule has 55 heavy (non-hydrogen) atoms. The maximum Gasteiger partial charge on any atom is 0.220 e.